The lowest BCUT2D eigenvalue weighted by Crippen LogP contribution is -2.32. The molecule has 3 atom stereocenters. The van der Waals surface area contributed by atoms with Crippen molar-refractivity contribution in [3.8, 4) is 0 Å². The summed E-state index contributed by atoms with van der Waals surface area (Å²) in [4.78, 5) is 67.0. The maximum atomic E-state index is 13.8. The van der Waals surface area contributed by atoms with Gasteiger partial charge in [0.2, 0.25) is 17.7 Å². The van der Waals surface area contributed by atoms with Crippen molar-refractivity contribution in [1.29, 1.82) is 0 Å². The van der Waals surface area contributed by atoms with Crippen LogP contribution in [0.5, 0.6) is 0 Å². The Bertz CT molecular complexity index is 1750. The van der Waals surface area contributed by atoms with Crippen LogP contribution in [0.25, 0.3) is 0 Å². The van der Waals surface area contributed by atoms with Crippen molar-refractivity contribution in [3.05, 3.63) is 97.3 Å². The van der Waals surface area contributed by atoms with Gasteiger partial charge < -0.3 is 14.5 Å². The molecule has 1 saturated heterocycles. The van der Waals surface area contributed by atoms with Crippen molar-refractivity contribution in [1.82, 2.24) is 4.57 Å². The zero-order valence-electron chi connectivity index (χ0n) is 21.9. The van der Waals surface area contributed by atoms with Gasteiger partial charge in [0, 0.05) is 10.2 Å². The number of furan rings is 1. The lowest BCUT2D eigenvalue weighted by Gasteiger charge is -2.29. The molecule has 13 heteroatoms. The van der Waals surface area contributed by atoms with E-state index in [1.54, 1.807) is 55.5 Å². The van der Waals surface area contributed by atoms with E-state index in [1.165, 1.54) is 27.9 Å². The van der Waals surface area contributed by atoms with Crippen LogP contribution >= 0.6 is 39.0 Å². The molecule has 10 nitrogen and oxygen atoms in total. The maximum Gasteiger partial charge on any atom is 0.338 e. The van der Waals surface area contributed by atoms with Crippen LogP contribution in [0.1, 0.15) is 33.8 Å². The van der Waals surface area contributed by atoms with Crippen LogP contribution in [0.15, 0.2) is 85.6 Å². The van der Waals surface area contributed by atoms with Crippen molar-refractivity contribution in [3.63, 3.8) is 0 Å². The van der Waals surface area contributed by atoms with Crippen LogP contribution < -0.4 is 15.1 Å². The summed E-state index contributed by atoms with van der Waals surface area (Å²) < 4.78 is 12.8. The number of halogens is 1. The van der Waals surface area contributed by atoms with Crippen LogP contribution in [0, 0.1) is 5.92 Å². The average molecular weight is 669 g/mol. The molecule has 4 aromatic rings. The van der Waals surface area contributed by atoms with Crippen LogP contribution in [-0.4, -0.2) is 40.1 Å². The zero-order chi connectivity index (χ0) is 29.5. The number of amides is 3. The van der Waals surface area contributed by atoms with Crippen molar-refractivity contribution in [2.24, 2.45) is 5.92 Å². The summed E-state index contributed by atoms with van der Waals surface area (Å²) in [6.07, 6.45) is 1.49. The Balaban J connectivity index is 1.30. The monoisotopic (exact) mass is 667 g/mol. The fraction of sp³-hybridized carbons (Fsp3) is 0.207. The predicted molar refractivity (Wildman–Crippen MR) is 160 cm³/mol. The Morgan fingerprint density at radius 1 is 1.02 bits per heavy atom. The first kappa shape index (κ1) is 28.2. The second-order valence-electron chi connectivity index (χ2n) is 9.52. The molecule has 3 amide bonds. The molecule has 2 aromatic carbocycles. The number of nitrogens with one attached hydrogen (secondary N) is 1. The number of aromatic nitrogens is 1. The first-order valence-electron chi connectivity index (χ1n) is 12.9. The van der Waals surface area contributed by atoms with Gasteiger partial charge in [-0.15, -0.1) is 0 Å². The minimum atomic E-state index is -0.817. The maximum absolute atomic E-state index is 13.8. The molecule has 42 heavy (non-hydrogen) atoms. The van der Waals surface area contributed by atoms with Gasteiger partial charge >= 0.3 is 10.8 Å². The van der Waals surface area contributed by atoms with Crippen LogP contribution in [0.3, 0.4) is 0 Å². The molecule has 4 heterocycles. The summed E-state index contributed by atoms with van der Waals surface area (Å²) in [5, 5.41) is 2.38. The fourth-order valence-corrected chi connectivity index (χ4v) is 8.14. The van der Waals surface area contributed by atoms with Crippen molar-refractivity contribution in [2.75, 3.05) is 16.8 Å². The van der Waals surface area contributed by atoms with E-state index in [2.05, 4.69) is 21.2 Å². The van der Waals surface area contributed by atoms with Crippen LogP contribution in [-0.2, 0) is 25.7 Å². The predicted octanol–water partition coefficient (Wildman–Crippen LogP) is 4.88. The van der Waals surface area contributed by atoms with E-state index in [1.807, 2.05) is 0 Å². The summed E-state index contributed by atoms with van der Waals surface area (Å²) in [6.45, 7) is 1.66. The molecule has 2 aromatic heterocycles. The van der Waals surface area contributed by atoms with Gasteiger partial charge in [0.15, 0.2) is 0 Å². The smallest absolute Gasteiger partial charge is 0.338 e. The number of benzene rings is 2. The normalized spacial score (nSPS) is 19.4. The van der Waals surface area contributed by atoms with Crippen molar-refractivity contribution < 1.29 is 28.3 Å². The van der Waals surface area contributed by atoms with E-state index < -0.39 is 34.9 Å². The second-order valence-corrected chi connectivity index (χ2v) is 12.6. The number of rotatable bonds is 7. The molecule has 0 radical (unpaired) electrons. The van der Waals surface area contributed by atoms with Gasteiger partial charge in [0.1, 0.15) is 17.6 Å². The average Bonchev–Trinajstić information content (AvgIpc) is 3.67. The largest absolute Gasteiger partial charge is 0.469 e. The molecule has 0 saturated carbocycles. The Morgan fingerprint density at radius 2 is 1.76 bits per heavy atom. The summed E-state index contributed by atoms with van der Waals surface area (Å²) in [6, 6.07) is 16.5. The molecule has 0 spiro atoms. The van der Waals surface area contributed by atoms with E-state index in [4.69, 9.17) is 9.15 Å². The number of carbonyl (C=O) groups is 4. The van der Waals surface area contributed by atoms with Crippen molar-refractivity contribution in [2.45, 2.75) is 29.7 Å². The third kappa shape index (κ3) is 5.01. The van der Waals surface area contributed by atoms with Gasteiger partial charge in [0.05, 0.1) is 45.9 Å². The number of thioether (sulfide) groups is 1. The molecule has 2 aliphatic rings. The molecular formula is C29H22BrN3O7S2. The third-order valence-corrected chi connectivity index (χ3v) is 10.1. The Kier molecular flexibility index (Phi) is 7.64. The SMILES string of the molecule is CCOC(=O)c1ccc(NC(=O)Cn2c3c(sc2=O)[C@H](c2ccco2)C2C(=O)N(c4ccc(Br)cc4)C(=O)C2S3)cc1. The molecular weight excluding hydrogens is 646 g/mol. The summed E-state index contributed by atoms with van der Waals surface area (Å²) in [5.74, 6) is -2.70. The lowest BCUT2D eigenvalue weighted by atomic mass is 9.87. The number of ether oxygens (including phenoxy) is 1. The molecule has 0 bridgehead atoms. The number of anilines is 2. The highest BCUT2D eigenvalue weighted by Crippen LogP contribution is 2.54. The summed E-state index contributed by atoms with van der Waals surface area (Å²) >= 11 is 5.44. The van der Waals surface area contributed by atoms with E-state index in [9.17, 15) is 24.0 Å². The Morgan fingerprint density at radius 3 is 2.43 bits per heavy atom. The first-order valence-corrected chi connectivity index (χ1v) is 15.4. The standard InChI is InChI=1S/C29H22BrN3O7S2/c1-2-39-28(37)15-5-9-17(10-6-15)31-20(34)14-32-27-24(42-29(32)38)21(19-4-3-13-40-19)22-23(41-27)26(36)33(25(22)35)18-11-7-16(30)8-12-18/h3-13,21-23H,2,14H2,1H3,(H,31,34)/t21-,22?,23?/m1/s1. The lowest BCUT2D eigenvalue weighted by molar-refractivity contribution is -0.122. The minimum Gasteiger partial charge on any atom is -0.469 e. The fourth-order valence-electron chi connectivity index (χ4n) is 5.12. The number of imide groups is 1. The van der Waals surface area contributed by atoms with E-state index in [0.717, 1.165) is 27.6 Å². The number of thiazole rings is 1. The van der Waals surface area contributed by atoms with Gasteiger partial charge in [0.25, 0.3) is 0 Å². The molecule has 1 fully saturated rings. The second kappa shape index (κ2) is 11.4. The number of hydrogen-bond donors (Lipinski definition) is 1. The van der Waals surface area contributed by atoms with Crippen LogP contribution in [0.4, 0.5) is 11.4 Å². The molecule has 2 unspecified atom stereocenters. The van der Waals surface area contributed by atoms with Gasteiger partial charge in [-0.3, -0.25) is 23.7 Å². The first-order chi connectivity index (χ1) is 20.3. The number of hydrogen-bond acceptors (Lipinski definition) is 9. The minimum absolute atomic E-state index is 0.249. The number of fused-ring (bicyclic) bond motifs is 2. The van der Waals surface area contributed by atoms with Crippen LogP contribution in [0.2, 0.25) is 0 Å². The zero-order valence-corrected chi connectivity index (χ0v) is 25.2. The van der Waals surface area contributed by atoms with Gasteiger partial charge in [-0.05, 0) is 67.6 Å². The molecule has 214 valence electrons. The number of esters is 1. The Labute approximate surface area is 255 Å². The Hall–Kier alpha value is -3.94. The topological polar surface area (TPSA) is 128 Å². The quantitative estimate of drug-likeness (QED) is 0.218. The van der Waals surface area contributed by atoms with Gasteiger partial charge in [-0.1, -0.05) is 39.0 Å². The summed E-state index contributed by atoms with van der Waals surface area (Å²) in [5.41, 5.74) is 1.24. The van der Waals surface area contributed by atoms with Gasteiger partial charge in [-0.2, -0.15) is 0 Å². The molecule has 6 rings (SSSR count). The van der Waals surface area contributed by atoms with Crippen molar-refractivity contribution >= 4 is 74.1 Å². The third-order valence-electron chi connectivity index (χ3n) is 6.97. The highest BCUT2D eigenvalue weighted by molar-refractivity contribution is 9.10. The number of nitrogens with zero attached hydrogens (tertiary/aromatic N) is 2. The van der Waals surface area contributed by atoms with E-state index in [-0.39, 0.29) is 23.9 Å². The molecule has 0 aliphatic carbocycles. The molecule has 1 N–H and O–H groups in total. The molecule has 2 aliphatic heterocycles. The highest BCUT2D eigenvalue weighted by atomic mass is 79.9. The summed E-state index contributed by atoms with van der Waals surface area (Å²) in [7, 11) is 0. The van der Waals surface area contributed by atoms with E-state index >= 15 is 0 Å². The highest BCUT2D eigenvalue weighted by Gasteiger charge is 2.57. The number of carbonyl (C=O) groups excluding carboxylic acids is 4. The van der Waals surface area contributed by atoms with Gasteiger partial charge in [-0.25, -0.2) is 9.69 Å². The van der Waals surface area contributed by atoms with E-state index in [0.29, 0.717) is 32.6 Å².